The normalized spacial score (nSPS) is 17.3. The first-order valence-electron chi connectivity index (χ1n) is 11.9. The maximum absolute atomic E-state index is 12.8. The van der Waals surface area contributed by atoms with Crippen LogP contribution < -0.4 is 19.1 Å². The summed E-state index contributed by atoms with van der Waals surface area (Å²) in [6.45, 7) is 0.949. The zero-order valence-electron chi connectivity index (χ0n) is 20.4. The molecule has 200 valence electrons. The van der Waals surface area contributed by atoms with Crippen molar-refractivity contribution in [3.63, 3.8) is 0 Å². The standard InChI is InChI=1S/C24H29N3O8S2/c1-34-22-10-9-20(17-21(22)27-23(28)11-12-24(27)29)36(30,31)25-13-16-35-18-5-7-19(8-6-18)37(32,33)26-14-3-2-4-15-26/h5-10,17,25H,2-4,11-16H2,1H3. The van der Waals surface area contributed by atoms with E-state index in [9.17, 15) is 26.4 Å². The summed E-state index contributed by atoms with van der Waals surface area (Å²) in [7, 11) is -6.16. The largest absolute Gasteiger partial charge is 0.495 e. The molecule has 1 N–H and O–H groups in total. The van der Waals surface area contributed by atoms with E-state index in [2.05, 4.69) is 4.72 Å². The van der Waals surface area contributed by atoms with E-state index in [4.69, 9.17) is 9.47 Å². The third-order valence-corrected chi connectivity index (χ3v) is 9.56. The lowest BCUT2D eigenvalue weighted by molar-refractivity contribution is -0.121. The molecule has 37 heavy (non-hydrogen) atoms. The Morgan fingerprint density at radius 1 is 0.865 bits per heavy atom. The van der Waals surface area contributed by atoms with Crippen LogP contribution in [0.2, 0.25) is 0 Å². The zero-order chi connectivity index (χ0) is 26.6. The number of imide groups is 1. The summed E-state index contributed by atoms with van der Waals surface area (Å²) in [4.78, 5) is 25.3. The van der Waals surface area contributed by atoms with Gasteiger partial charge in [-0.1, -0.05) is 6.42 Å². The molecule has 2 aromatic rings. The Labute approximate surface area is 216 Å². The van der Waals surface area contributed by atoms with Gasteiger partial charge < -0.3 is 9.47 Å². The maximum atomic E-state index is 12.8. The van der Waals surface area contributed by atoms with Crippen molar-refractivity contribution in [2.75, 3.05) is 38.3 Å². The van der Waals surface area contributed by atoms with Crippen molar-refractivity contribution in [3.8, 4) is 11.5 Å². The highest BCUT2D eigenvalue weighted by molar-refractivity contribution is 7.89. The number of nitrogens with zero attached hydrogens (tertiary/aromatic N) is 2. The fourth-order valence-electron chi connectivity index (χ4n) is 4.25. The van der Waals surface area contributed by atoms with Gasteiger partial charge in [-0.05, 0) is 55.3 Å². The third kappa shape index (κ3) is 5.95. The molecule has 2 aliphatic heterocycles. The van der Waals surface area contributed by atoms with E-state index >= 15 is 0 Å². The van der Waals surface area contributed by atoms with Crippen molar-refractivity contribution in [3.05, 3.63) is 42.5 Å². The summed E-state index contributed by atoms with van der Waals surface area (Å²) in [6.07, 6.45) is 2.84. The Kier molecular flexibility index (Phi) is 8.17. The van der Waals surface area contributed by atoms with Gasteiger partial charge in [-0.2, -0.15) is 4.31 Å². The van der Waals surface area contributed by atoms with Gasteiger partial charge in [-0.25, -0.2) is 26.5 Å². The second kappa shape index (κ2) is 11.2. The number of hydrogen-bond acceptors (Lipinski definition) is 8. The molecule has 2 fully saturated rings. The molecule has 0 aromatic heterocycles. The highest BCUT2D eigenvalue weighted by atomic mass is 32.2. The number of carbonyl (C=O) groups is 2. The van der Waals surface area contributed by atoms with E-state index in [1.165, 1.54) is 53.9 Å². The van der Waals surface area contributed by atoms with Crippen LogP contribution in [0.3, 0.4) is 0 Å². The number of carbonyl (C=O) groups excluding carboxylic acids is 2. The molecule has 2 saturated heterocycles. The summed E-state index contributed by atoms with van der Waals surface area (Å²) in [5, 5.41) is 0. The molecule has 4 rings (SSSR count). The minimum atomic E-state index is -3.98. The fraction of sp³-hybridized carbons (Fsp3) is 0.417. The second-order valence-electron chi connectivity index (χ2n) is 8.64. The summed E-state index contributed by atoms with van der Waals surface area (Å²) in [5.74, 6) is -0.242. The van der Waals surface area contributed by atoms with E-state index in [-0.39, 0.29) is 47.2 Å². The maximum Gasteiger partial charge on any atom is 0.243 e. The fourth-order valence-corrected chi connectivity index (χ4v) is 6.80. The van der Waals surface area contributed by atoms with Crippen molar-refractivity contribution in [2.24, 2.45) is 0 Å². The number of ether oxygens (including phenoxy) is 2. The number of hydrogen-bond donors (Lipinski definition) is 1. The first kappa shape index (κ1) is 27.0. The molecule has 0 aliphatic carbocycles. The Bertz CT molecular complexity index is 1350. The van der Waals surface area contributed by atoms with Gasteiger partial charge in [-0.3, -0.25) is 9.59 Å². The van der Waals surface area contributed by atoms with Gasteiger partial charge in [0.15, 0.2) is 0 Å². The molecule has 2 aromatic carbocycles. The third-order valence-electron chi connectivity index (χ3n) is 6.19. The summed E-state index contributed by atoms with van der Waals surface area (Å²) < 4.78 is 65.8. The van der Waals surface area contributed by atoms with Crippen LogP contribution >= 0.6 is 0 Å². The average Bonchev–Trinajstić information content (AvgIpc) is 3.24. The van der Waals surface area contributed by atoms with Gasteiger partial charge in [-0.15, -0.1) is 0 Å². The molecule has 0 radical (unpaired) electrons. The number of sulfonamides is 2. The predicted molar refractivity (Wildman–Crippen MR) is 134 cm³/mol. The Hall–Kier alpha value is -3.00. The van der Waals surface area contributed by atoms with Gasteiger partial charge in [0, 0.05) is 32.5 Å². The van der Waals surface area contributed by atoms with E-state index in [0.717, 1.165) is 24.2 Å². The molecular weight excluding hydrogens is 522 g/mol. The van der Waals surface area contributed by atoms with Gasteiger partial charge in [0.1, 0.15) is 18.1 Å². The average molecular weight is 552 g/mol. The molecule has 2 aliphatic rings. The highest BCUT2D eigenvalue weighted by Gasteiger charge is 2.33. The number of amides is 2. The van der Waals surface area contributed by atoms with E-state index < -0.39 is 31.9 Å². The minimum absolute atomic E-state index is 0.0104. The van der Waals surface area contributed by atoms with Gasteiger partial charge in [0.2, 0.25) is 31.9 Å². The lowest BCUT2D eigenvalue weighted by Crippen LogP contribution is -2.35. The number of methoxy groups -OCH3 is 1. The van der Waals surface area contributed by atoms with Gasteiger partial charge >= 0.3 is 0 Å². The van der Waals surface area contributed by atoms with Crippen LogP contribution in [0, 0.1) is 0 Å². The van der Waals surface area contributed by atoms with Gasteiger partial charge in [0.25, 0.3) is 0 Å². The molecule has 2 amide bonds. The number of anilines is 1. The Balaban J connectivity index is 1.36. The van der Waals surface area contributed by atoms with Crippen LogP contribution in [0.4, 0.5) is 5.69 Å². The smallest absolute Gasteiger partial charge is 0.243 e. The first-order chi connectivity index (χ1) is 17.6. The predicted octanol–water partition coefficient (Wildman–Crippen LogP) is 1.88. The minimum Gasteiger partial charge on any atom is -0.495 e. The SMILES string of the molecule is COc1ccc(S(=O)(=O)NCCOc2ccc(S(=O)(=O)N3CCCCC3)cc2)cc1N1C(=O)CCC1=O. The zero-order valence-corrected chi connectivity index (χ0v) is 22.0. The molecule has 11 nitrogen and oxygen atoms in total. The Morgan fingerprint density at radius 3 is 2.11 bits per heavy atom. The number of benzene rings is 2. The van der Waals surface area contributed by atoms with E-state index in [0.29, 0.717) is 18.8 Å². The molecule has 2 heterocycles. The van der Waals surface area contributed by atoms with Crippen LogP contribution in [0.5, 0.6) is 11.5 Å². The summed E-state index contributed by atoms with van der Waals surface area (Å²) in [6, 6.07) is 9.95. The van der Waals surface area contributed by atoms with Crippen LogP contribution in [0.25, 0.3) is 0 Å². The first-order valence-corrected chi connectivity index (χ1v) is 14.8. The van der Waals surface area contributed by atoms with Crippen LogP contribution in [0.15, 0.2) is 52.3 Å². The molecule has 0 spiro atoms. The van der Waals surface area contributed by atoms with Crippen LogP contribution in [-0.2, 0) is 29.6 Å². The monoisotopic (exact) mass is 551 g/mol. The van der Waals surface area contributed by atoms with Crippen molar-refractivity contribution in [1.82, 2.24) is 9.03 Å². The quantitative estimate of drug-likeness (QED) is 0.349. The van der Waals surface area contributed by atoms with Crippen molar-refractivity contribution < 1.29 is 35.9 Å². The van der Waals surface area contributed by atoms with Crippen molar-refractivity contribution in [2.45, 2.75) is 41.9 Å². The number of piperidine rings is 1. The van der Waals surface area contributed by atoms with Crippen molar-refractivity contribution in [1.29, 1.82) is 0 Å². The topological polar surface area (TPSA) is 139 Å². The Morgan fingerprint density at radius 2 is 1.49 bits per heavy atom. The molecule has 13 heteroatoms. The van der Waals surface area contributed by atoms with Crippen molar-refractivity contribution >= 4 is 37.5 Å². The second-order valence-corrected chi connectivity index (χ2v) is 12.3. The molecule has 0 unspecified atom stereocenters. The molecule has 0 bridgehead atoms. The molecule has 0 atom stereocenters. The molecular formula is C24H29N3O8S2. The van der Waals surface area contributed by atoms with Crippen LogP contribution in [0.1, 0.15) is 32.1 Å². The summed E-state index contributed by atoms with van der Waals surface area (Å²) >= 11 is 0. The van der Waals surface area contributed by atoms with E-state index in [1.807, 2.05) is 0 Å². The van der Waals surface area contributed by atoms with Gasteiger partial charge in [0.05, 0.1) is 22.6 Å². The lowest BCUT2D eigenvalue weighted by atomic mass is 10.2. The summed E-state index contributed by atoms with van der Waals surface area (Å²) in [5.41, 5.74) is 0.0775. The molecule has 0 saturated carbocycles. The van der Waals surface area contributed by atoms with Crippen LogP contribution in [-0.4, -0.2) is 66.3 Å². The lowest BCUT2D eigenvalue weighted by Gasteiger charge is -2.25. The number of rotatable bonds is 10. The van der Waals surface area contributed by atoms with E-state index in [1.54, 1.807) is 0 Å². The number of nitrogens with one attached hydrogen (secondary N) is 1. The highest BCUT2D eigenvalue weighted by Crippen LogP contribution is 2.34.